The smallest absolute Gasteiger partial charge is 0.345 e. The molecule has 0 spiro atoms. The minimum absolute atomic E-state index is 0.00875. The van der Waals surface area contributed by atoms with Gasteiger partial charge in [0.15, 0.2) is 11.9 Å². The van der Waals surface area contributed by atoms with Gasteiger partial charge in [-0.15, -0.1) is 0 Å². The maximum atomic E-state index is 11.3. The molecule has 10 heteroatoms. The Kier molecular flexibility index (Phi) is 3.93. The van der Waals surface area contributed by atoms with Crippen LogP contribution in [0.4, 0.5) is 11.4 Å². The number of ether oxygens (including phenoxy) is 1. The van der Waals surface area contributed by atoms with Crippen molar-refractivity contribution in [1.29, 1.82) is 0 Å². The Morgan fingerprint density at radius 1 is 1.43 bits per heavy atom. The van der Waals surface area contributed by atoms with Crippen LogP contribution in [0.3, 0.4) is 0 Å². The molecule has 0 saturated heterocycles. The highest BCUT2D eigenvalue weighted by molar-refractivity contribution is 6.45. The number of nitro benzene ring substituents is 1. The molecule has 1 amide bonds. The Bertz CT molecular complexity index is 675. The van der Waals surface area contributed by atoms with Gasteiger partial charge in [0.25, 0.3) is 0 Å². The van der Waals surface area contributed by atoms with E-state index in [0.29, 0.717) is 0 Å². The number of aliphatic carboxylic acids is 1. The largest absolute Gasteiger partial charge is 0.478 e. The third kappa shape index (κ3) is 2.59. The van der Waals surface area contributed by atoms with Gasteiger partial charge in [-0.25, -0.2) is 4.79 Å². The average Bonchev–Trinajstić information content (AvgIpc) is 2.79. The van der Waals surface area contributed by atoms with Crippen LogP contribution in [0.5, 0.6) is 5.75 Å². The Balaban J connectivity index is 2.70. The van der Waals surface area contributed by atoms with E-state index in [2.05, 4.69) is 5.32 Å². The normalized spacial score (nSPS) is 16.0. The average molecular weight is 335 g/mol. The van der Waals surface area contributed by atoms with Crippen LogP contribution in [0.25, 0.3) is 0 Å². The molecule has 0 saturated carbocycles. The van der Waals surface area contributed by atoms with E-state index in [4.69, 9.17) is 33.0 Å². The zero-order valence-corrected chi connectivity index (χ0v) is 12.0. The van der Waals surface area contributed by atoms with Crippen LogP contribution in [0, 0.1) is 10.1 Å². The molecule has 0 bridgehead atoms. The van der Waals surface area contributed by atoms with Crippen LogP contribution < -0.4 is 10.1 Å². The van der Waals surface area contributed by atoms with Crippen LogP contribution in [-0.2, 0) is 16.0 Å². The number of nitrogens with zero attached hydrogens (tertiary/aromatic N) is 1. The lowest BCUT2D eigenvalue weighted by molar-refractivity contribution is -0.384. The second kappa shape index (κ2) is 5.38. The number of benzene rings is 1. The summed E-state index contributed by atoms with van der Waals surface area (Å²) in [6.45, 7) is 1.15. The van der Waals surface area contributed by atoms with Crippen molar-refractivity contribution in [2.75, 3.05) is 5.32 Å². The summed E-state index contributed by atoms with van der Waals surface area (Å²) in [6.07, 6.45) is -1.54. The Morgan fingerprint density at radius 2 is 2.05 bits per heavy atom. The van der Waals surface area contributed by atoms with Crippen molar-refractivity contribution < 1.29 is 24.4 Å². The molecule has 1 aliphatic heterocycles. The van der Waals surface area contributed by atoms with Crippen molar-refractivity contribution in [3.8, 4) is 5.75 Å². The van der Waals surface area contributed by atoms with Crippen LogP contribution in [0.1, 0.15) is 12.5 Å². The summed E-state index contributed by atoms with van der Waals surface area (Å²) in [5.41, 5.74) is -0.795. The number of halogens is 2. The molecular formula is C11H8Cl2N2O6. The number of hydrogen-bond donors (Lipinski definition) is 2. The lowest BCUT2D eigenvalue weighted by atomic mass is 10.1. The van der Waals surface area contributed by atoms with E-state index in [1.54, 1.807) is 0 Å². The number of hydrogen-bond acceptors (Lipinski definition) is 5. The number of carboxylic acid groups (broad SMARTS) is 1. The van der Waals surface area contributed by atoms with E-state index in [0.717, 1.165) is 6.92 Å². The summed E-state index contributed by atoms with van der Waals surface area (Å²) in [4.78, 5) is 32.6. The highest BCUT2D eigenvalue weighted by atomic mass is 35.5. The molecule has 1 heterocycles. The van der Waals surface area contributed by atoms with Crippen LogP contribution in [-0.4, -0.2) is 28.0 Å². The van der Waals surface area contributed by atoms with E-state index >= 15 is 0 Å². The summed E-state index contributed by atoms with van der Waals surface area (Å²) in [5, 5.41) is 22.0. The van der Waals surface area contributed by atoms with Crippen molar-refractivity contribution in [2.24, 2.45) is 0 Å². The Hall–Kier alpha value is -2.06. The summed E-state index contributed by atoms with van der Waals surface area (Å²) < 4.78 is 5.10. The fraction of sp³-hybridized carbons (Fsp3) is 0.273. The number of fused-ring (bicyclic) bond motifs is 1. The third-order valence-corrected chi connectivity index (χ3v) is 3.65. The number of nitrogens with one attached hydrogen (secondary N) is 1. The van der Waals surface area contributed by atoms with Gasteiger partial charge in [-0.3, -0.25) is 14.9 Å². The van der Waals surface area contributed by atoms with E-state index in [1.165, 1.54) is 0 Å². The lowest BCUT2D eigenvalue weighted by Gasteiger charge is -2.11. The van der Waals surface area contributed by atoms with Crippen LogP contribution >= 0.6 is 23.2 Å². The Labute approximate surface area is 127 Å². The van der Waals surface area contributed by atoms with Gasteiger partial charge in [0.2, 0.25) is 5.91 Å². The van der Waals surface area contributed by atoms with Gasteiger partial charge in [-0.05, 0) is 0 Å². The molecule has 0 fully saturated rings. The standard InChI is InChI=1S/C11H8Cl2N2O6/c1-3(16)14-8-6(12)7(13)10-4(9(8)15(19)20)2-5(21-10)11(17)18/h5H,2H2,1H3,(H,14,16)(H,17,18). The number of anilines is 1. The molecule has 1 aromatic rings. The van der Waals surface area contributed by atoms with Crippen LogP contribution in [0.2, 0.25) is 10.0 Å². The highest BCUT2D eigenvalue weighted by Crippen LogP contribution is 2.50. The number of nitro groups is 1. The summed E-state index contributed by atoms with van der Waals surface area (Å²) >= 11 is 11.9. The summed E-state index contributed by atoms with van der Waals surface area (Å²) in [5.74, 6) is -2.01. The first kappa shape index (κ1) is 15.3. The van der Waals surface area contributed by atoms with Gasteiger partial charge in [-0.2, -0.15) is 0 Å². The molecule has 2 N–H and O–H groups in total. The molecular weight excluding hydrogens is 327 g/mol. The Morgan fingerprint density at radius 3 is 2.52 bits per heavy atom. The number of carbonyl (C=O) groups is 2. The maximum absolute atomic E-state index is 11.3. The van der Waals surface area contributed by atoms with E-state index in [1.807, 2.05) is 0 Å². The SMILES string of the molecule is CC(=O)Nc1c(Cl)c(Cl)c2c(c1[N+](=O)[O-])CC(C(=O)O)O2. The first-order chi connectivity index (χ1) is 9.73. The second-order valence-corrected chi connectivity index (χ2v) is 5.00. The first-order valence-corrected chi connectivity index (χ1v) is 6.34. The highest BCUT2D eigenvalue weighted by Gasteiger charge is 2.40. The zero-order chi connectivity index (χ0) is 15.9. The molecule has 0 aromatic heterocycles. The molecule has 8 nitrogen and oxygen atoms in total. The van der Waals surface area contributed by atoms with Gasteiger partial charge in [0.1, 0.15) is 10.7 Å². The summed E-state index contributed by atoms with van der Waals surface area (Å²) in [6, 6.07) is 0. The van der Waals surface area contributed by atoms with Crippen molar-refractivity contribution in [1.82, 2.24) is 0 Å². The minimum Gasteiger partial charge on any atom is -0.478 e. The predicted molar refractivity (Wildman–Crippen MR) is 73.2 cm³/mol. The monoisotopic (exact) mass is 334 g/mol. The van der Waals surface area contributed by atoms with Gasteiger partial charge in [0, 0.05) is 13.3 Å². The molecule has 0 radical (unpaired) electrons. The minimum atomic E-state index is -1.29. The molecule has 1 unspecified atom stereocenters. The predicted octanol–water partition coefficient (Wildman–Crippen LogP) is 2.25. The van der Waals surface area contributed by atoms with Crippen molar-refractivity contribution in [2.45, 2.75) is 19.4 Å². The fourth-order valence-corrected chi connectivity index (χ4v) is 2.49. The second-order valence-electron chi connectivity index (χ2n) is 4.25. The number of amides is 1. The van der Waals surface area contributed by atoms with Gasteiger partial charge < -0.3 is 15.2 Å². The van der Waals surface area contributed by atoms with Crippen LogP contribution in [0.15, 0.2) is 0 Å². The van der Waals surface area contributed by atoms with Crippen molar-refractivity contribution in [3.05, 3.63) is 25.7 Å². The summed E-state index contributed by atoms with van der Waals surface area (Å²) in [7, 11) is 0. The first-order valence-electron chi connectivity index (χ1n) is 5.59. The molecule has 2 rings (SSSR count). The molecule has 112 valence electrons. The third-order valence-electron chi connectivity index (χ3n) is 2.82. The number of rotatable bonds is 3. The quantitative estimate of drug-likeness (QED) is 0.646. The molecule has 1 aromatic carbocycles. The van der Waals surface area contributed by atoms with E-state index < -0.39 is 28.6 Å². The zero-order valence-electron chi connectivity index (χ0n) is 10.5. The molecule has 21 heavy (non-hydrogen) atoms. The number of carbonyl (C=O) groups excluding carboxylic acids is 1. The topological polar surface area (TPSA) is 119 Å². The molecule has 1 aliphatic rings. The van der Waals surface area contributed by atoms with E-state index in [9.17, 15) is 19.7 Å². The molecule has 0 aliphatic carbocycles. The fourth-order valence-electron chi connectivity index (χ4n) is 2.02. The van der Waals surface area contributed by atoms with Gasteiger partial charge >= 0.3 is 11.7 Å². The van der Waals surface area contributed by atoms with Gasteiger partial charge in [0.05, 0.1) is 15.5 Å². The van der Waals surface area contributed by atoms with Gasteiger partial charge in [-0.1, -0.05) is 23.2 Å². The van der Waals surface area contributed by atoms with Crippen molar-refractivity contribution in [3.63, 3.8) is 0 Å². The van der Waals surface area contributed by atoms with E-state index in [-0.39, 0.29) is 33.5 Å². The van der Waals surface area contributed by atoms with Crippen molar-refractivity contribution >= 4 is 46.5 Å². The maximum Gasteiger partial charge on any atom is 0.345 e. The number of carboxylic acids is 1. The lowest BCUT2D eigenvalue weighted by Crippen LogP contribution is -2.24. The molecule has 1 atom stereocenters.